The molecule has 2 aromatic carbocycles. The van der Waals surface area contributed by atoms with Crippen molar-refractivity contribution >= 4 is 28.8 Å². The summed E-state index contributed by atoms with van der Waals surface area (Å²) in [5.41, 5.74) is 1.93. The van der Waals surface area contributed by atoms with Crippen molar-refractivity contribution in [3.63, 3.8) is 0 Å². The Labute approximate surface area is 102 Å². The Hall–Kier alpha value is -2.01. The van der Waals surface area contributed by atoms with Gasteiger partial charge in [0, 0.05) is 11.0 Å². The number of hydrogen-bond donors (Lipinski definition) is 1. The molecule has 0 spiro atoms. The molecular weight excluding hydrogens is 236 g/mol. The molecule has 17 heavy (non-hydrogen) atoms. The van der Waals surface area contributed by atoms with E-state index >= 15 is 0 Å². The Morgan fingerprint density at radius 2 is 1.82 bits per heavy atom. The highest BCUT2D eigenvalue weighted by Gasteiger charge is 2.23. The molecule has 2 aromatic rings. The van der Waals surface area contributed by atoms with Crippen LogP contribution >= 0.6 is 11.8 Å². The molecule has 0 saturated heterocycles. The molecule has 5 heteroatoms. The number of nitro groups is 1. The van der Waals surface area contributed by atoms with Gasteiger partial charge in [0.05, 0.1) is 16.3 Å². The van der Waals surface area contributed by atoms with Crippen LogP contribution in [0.1, 0.15) is 0 Å². The first-order chi connectivity index (χ1) is 8.25. The molecule has 84 valence electrons. The molecule has 1 N–H and O–H groups in total. The zero-order chi connectivity index (χ0) is 11.8. The van der Waals surface area contributed by atoms with E-state index < -0.39 is 0 Å². The number of para-hydroxylation sites is 1. The molecule has 1 aliphatic heterocycles. The van der Waals surface area contributed by atoms with Crippen molar-refractivity contribution in [3.8, 4) is 0 Å². The van der Waals surface area contributed by atoms with Gasteiger partial charge in [-0.15, -0.1) is 0 Å². The average Bonchev–Trinajstić information content (AvgIpc) is 2.35. The van der Waals surface area contributed by atoms with Crippen LogP contribution in [-0.4, -0.2) is 4.92 Å². The second-order valence-electron chi connectivity index (χ2n) is 3.63. The molecule has 0 fully saturated rings. The predicted octanol–water partition coefficient (Wildman–Crippen LogP) is 3.80. The lowest BCUT2D eigenvalue weighted by Crippen LogP contribution is -2.02. The molecule has 4 nitrogen and oxygen atoms in total. The summed E-state index contributed by atoms with van der Waals surface area (Å²) >= 11 is 1.43. The molecule has 0 radical (unpaired) electrons. The van der Waals surface area contributed by atoms with Crippen molar-refractivity contribution in [1.29, 1.82) is 0 Å². The molecule has 0 bridgehead atoms. The Morgan fingerprint density at radius 1 is 1.06 bits per heavy atom. The summed E-state index contributed by atoms with van der Waals surface area (Å²) < 4.78 is 0. The predicted molar refractivity (Wildman–Crippen MR) is 66.9 cm³/mol. The van der Waals surface area contributed by atoms with Gasteiger partial charge in [0.15, 0.2) is 0 Å². The second kappa shape index (κ2) is 3.78. The lowest BCUT2D eigenvalue weighted by molar-refractivity contribution is -0.387. The topological polar surface area (TPSA) is 55.2 Å². The third-order valence-electron chi connectivity index (χ3n) is 2.56. The van der Waals surface area contributed by atoms with E-state index in [1.807, 2.05) is 30.3 Å². The standard InChI is InChI=1S/C12H8N2O2S/c15-14(16)10-6-3-5-9-12(10)17-11-7-2-1-4-8(11)13-9/h1-7,13H. The molecule has 1 heterocycles. The molecular formula is C12H8N2O2S. The SMILES string of the molecule is O=[N+]([O-])c1cccc2c1Sc1ccccc1N2. The van der Waals surface area contributed by atoms with Gasteiger partial charge in [-0.1, -0.05) is 30.0 Å². The lowest BCUT2D eigenvalue weighted by Gasteiger charge is -2.19. The number of nitrogens with zero attached hydrogens (tertiary/aromatic N) is 1. The largest absolute Gasteiger partial charge is 0.353 e. The van der Waals surface area contributed by atoms with Gasteiger partial charge in [0.25, 0.3) is 5.69 Å². The van der Waals surface area contributed by atoms with Gasteiger partial charge < -0.3 is 5.32 Å². The highest BCUT2D eigenvalue weighted by Crippen LogP contribution is 2.47. The van der Waals surface area contributed by atoms with Gasteiger partial charge in [-0.3, -0.25) is 10.1 Å². The third-order valence-corrected chi connectivity index (χ3v) is 3.77. The summed E-state index contributed by atoms with van der Waals surface area (Å²) in [4.78, 5) is 12.3. The number of benzene rings is 2. The fourth-order valence-electron chi connectivity index (χ4n) is 1.79. The van der Waals surface area contributed by atoms with Crippen LogP contribution in [0.3, 0.4) is 0 Å². The number of nitrogens with one attached hydrogen (secondary N) is 1. The van der Waals surface area contributed by atoms with E-state index in [2.05, 4.69) is 5.32 Å². The number of rotatable bonds is 1. The maximum Gasteiger partial charge on any atom is 0.285 e. The van der Waals surface area contributed by atoms with E-state index in [4.69, 9.17) is 0 Å². The first-order valence-electron chi connectivity index (χ1n) is 5.07. The summed E-state index contributed by atoms with van der Waals surface area (Å²) in [5, 5.41) is 14.2. The van der Waals surface area contributed by atoms with E-state index in [1.165, 1.54) is 17.8 Å². The fraction of sp³-hybridized carbons (Fsp3) is 0. The lowest BCUT2D eigenvalue weighted by atomic mass is 10.2. The van der Waals surface area contributed by atoms with E-state index in [1.54, 1.807) is 6.07 Å². The van der Waals surface area contributed by atoms with Crippen LogP contribution in [0.5, 0.6) is 0 Å². The molecule has 0 atom stereocenters. The normalized spacial score (nSPS) is 12.2. The van der Waals surface area contributed by atoms with Crippen LogP contribution in [0.15, 0.2) is 52.3 Å². The Morgan fingerprint density at radius 3 is 2.65 bits per heavy atom. The molecule has 0 aromatic heterocycles. The Bertz CT molecular complexity index is 613. The summed E-state index contributed by atoms with van der Waals surface area (Å²) in [5.74, 6) is 0. The van der Waals surface area contributed by atoms with Crippen LogP contribution in [0.4, 0.5) is 17.1 Å². The third kappa shape index (κ3) is 1.64. The van der Waals surface area contributed by atoms with Crippen LogP contribution < -0.4 is 5.32 Å². The summed E-state index contributed by atoms with van der Waals surface area (Å²) in [6.07, 6.45) is 0. The average molecular weight is 244 g/mol. The first kappa shape index (κ1) is 10.2. The Kier molecular flexibility index (Phi) is 2.26. The highest BCUT2D eigenvalue weighted by atomic mass is 32.2. The molecule has 1 aliphatic rings. The van der Waals surface area contributed by atoms with Crippen LogP contribution in [0.2, 0.25) is 0 Å². The zero-order valence-corrected chi connectivity index (χ0v) is 9.53. The van der Waals surface area contributed by atoms with Gasteiger partial charge >= 0.3 is 0 Å². The van der Waals surface area contributed by atoms with E-state index in [0.717, 1.165) is 16.3 Å². The Balaban J connectivity index is 2.15. The van der Waals surface area contributed by atoms with E-state index in [0.29, 0.717) is 4.90 Å². The number of hydrogen-bond acceptors (Lipinski definition) is 4. The molecule has 0 saturated carbocycles. The van der Waals surface area contributed by atoms with Crippen LogP contribution in [0.25, 0.3) is 0 Å². The minimum atomic E-state index is -0.346. The number of nitro benzene ring substituents is 1. The minimum absolute atomic E-state index is 0.148. The highest BCUT2D eigenvalue weighted by molar-refractivity contribution is 8.00. The second-order valence-corrected chi connectivity index (χ2v) is 4.69. The smallest absolute Gasteiger partial charge is 0.285 e. The quantitative estimate of drug-likeness (QED) is 0.522. The van der Waals surface area contributed by atoms with Crippen molar-refractivity contribution in [3.05, 3.63) is 52.6 Å². The van der Waals surface area contributed by atoms with Crippen LogP contribution in [-0.2, 0) is 0 Å². The fourth-order valence-corrected chi connectivity index (χ4v) is 2.86. The summed E-state index contributed by atoms with van der Waals surface area (Å²) in [6.45, 7) is 0. The van der Waals surface area contributed by atoms with E-state index in [-0.39, 0.29) is 10.6 Å². The van der Waals surface area contributed by atoms with Crippen molar-refractivity contribution in [2.45, 2.75) is 9.79 Å². The zero-order valence-electron chi connectivity index (χ0n) is 8.71. The number of anilines is 2. The van der Waals surface area contributed by atoms with Gasteiger partial charge in [-0.05, 0) is 18.2 Å². The van der Waals surface area contributed by atoms with Crippen molar-refractivity contribution in [2.75, 3.05) is 5.32 Å². The van der Waals surface area contributed by atoms with Crippen molar-refractivity contribution in [2.24, 2.45) is 0 Å². The van der Waals surface area contributed by atoms with Crippen molar-refractivity contribution < 1.29 is 4.92 Å². The van der Waals surface area contributed by atoms with Crippen molar-refractivity contribution in [1.82, 2.24) is 0 Å². The van der Waals surface area contributed by atoms with Gasteiger partial charge in [-0.25, -0.2) is 0 Å². The molecule has 0 aliphatic carbocycles. The van der Waals surface area contributed by atoms with E-state index in [9.17, 15) is 10.1 Å². The van der Waals surface area contributed by atoms with Gasteiger partial charge in [0.2, 0.25) is 0 Å². The van der Waals surface area contributed by atoms with Crippen LogP contribution in [0, 0.1) is 10.1 Å². The maximum absolute atomic E-state index is 10.9. The molecule has 0 amide bonds. The van der Waals surface area contributed by atoms with Gasteiger partial charge in [0.1, 0.15) is 4.90 Å². The minimum Gasteiger partial charge on any atom is -0.353 e. The molecule has 3 rings (SSSR count). The monoisotopic (exact) mass is 244 g/mol. The summed E-state index contributed by atoms with van der Waals surface area (Å²) in [7, 11) is 0. The van der Waals surface area contributed by atoms with Gasteiger partial charge in [-0.2, -0.15) is 0 Å². The number of fused-ring (bicyclic) bond motifs is 2. The molecule has 0 unspecified atom stereocenters. The summed E-state index contributed by atoms with van der Waals surface area (Å²) in [6, 6.07) is 12.9. The maximum atomic E-state index is 10.9. The first-order valence-corrected chi connectivity index (χ1v) is 5.88.